The van der Waals surface area contributed by atoms with E-state index in [9.17, 15) is 0 Å². The van der Waals surface area contributed by atoms with Gasteiger partial charge in [-0.3, -0.25) is 0 Å². The quantitative estimate of drug-likeness (QED) is 0.589. The highest BCUT2D eigenvalue weighted by Gasteiger charge is 2.01. The maximum absolute atomic E-state index is 5.44. The molecule has 2 atom stereocenters. The Morgan fingerprint density at radius 2 is 1.82 bits per heavy atom. The summed E-state index contributed by atoms with van der Waals surface area (Å²) in [6.45, 7) is 6.21. The van der Waals surface area contributed by atoms with Crippen LogP contribution in [0, 0.1) is 5.92 Å². The van der Waals surface area contributed by atoms with Gasteiger partial charge in [-0.25, -0.2) is 0 Å². The van der Waals surface area contributed by atoms with E-state index >= 15 is 0 Å². The SMILES string of the molecule is CC(CN)CCOC(C)CN. The largest absolute Gasteiger partial charge is 0.377 e. The van der Waals surface area contributed by atoms with Gasteiger partial charge in [-0.05, 0) is 25.8 Å². The van der Waals surface area contributed by atoms with Crippen LogP contribution in [0.4, 0.5) is 0 Å². The highest BCUT2D eigenvalue weighted by atomic mass is 16.5. The van der Waals surface area contributed by atoms with Gasteiger partial charge in [0.1, 0.15) is 0 Å². The Bertz CT molecular complexity index is 78.2. The molecule has 0 aliphatic heterocycles. The fraction of sp³-hybridized carbons (Fsp3) is 1.00. The Morgan fingerprint density at radius 3 is 2.27 bits per heavy atom. The summed E-state index contributed by atoms with van der Waals surface area (Å²) in [6, 6.07) is 0. The molecule has 0 aromatic rings. The second kappa shape index (κ2) is 6.58. The molecular weight excluding hydrogens is 140 g/mol. The van der Waals surface area contributed by atoms with Gasteiger partial charge in [-0.2, -0.15) is 0 Å². The van der Waals surface area contributed by atoms with Gasteiger partial charge in [0.15, 0.2) is 0 Å². The Labute approximate surface area is 69.1 Å². The van der Waals surface area contributed by atoms with E-state index in [1.54, 1.807) is 0 Å². The first-order chi connectivity index (χ1) is 5.20. The summed E-state index contributed by atoms with van der Waals surface area (Å²) in [5.41, 5.74) is 10.8. The van der Waals surface area contributed by atoms with Crippen molar-refractivity contribution in [2.75, 3.05) is 19.7 Å². The molecule has 0 rings (SSSR count). The molecule has 0 spiro atoms. The number of rotatable bonds is 6. The molecule has 4 N–H and O–H groups in total. The molecule has 0 aromatic carbocycles. The second-order valence-electron chi connectivity index (χ2n) is 3.05. The van der Waals surface area contributed by atoms with Crippen LogP contribution in [0.15, 0.2) is 0 Å². The Morgan fingerprint density at radius 1 is 1.18 bits per heavy atom. The van der Waals surface area contributed by atoms with Gasteiger partial charge in [-0.15, -0.1) is 0 Å². The van der Waals surface area contributed by atoms with Gasteiger partial charge in [0.2, 0.25) is 0 Å². The van der Waals surface area contributed by atoms with Crippen molar-refractivity contribution in [3.63, 3.8) is 0 Å². The fourth-order valence-corrected chi connectivity index (χ4v) is 0.656. The molecule has 11 heavy (non-hydrogen) atoms. The second-order valence-corrected chi connectivity index (χ2v) is 3.05. The van der Waals surface area contributed by atoms with Crippen LogP contribution in [0.3, 0.4) is 0 Å². The van der Waals surface area contributed by atoms with Crippen molar-refractivity contribution >= 4 is 0 Å². The first-order valence-electron chi connectivity index (χ1n) is 4.22. The zero-order chi connectivity index (χ0) is 8.69. The molecule has 0 saturated carbocycles. The minimum absolute atomic E-state index is 0.181. The number of hydrogen-bond donors (Lipinski definition) is 2. The van der Waals surface area contributed by atoms with Gasteiger partial charge in [0, 0.05) is 13.2 Å². The van der Waals surface area contributed by atoms with E-state index in [1.165, 1.54) is 0 Å². The van der Waals surface area contributed by atoms with E-state index in [1.807, 2.05) is 6.92 Å². The molecule has 0 aliphatic carbocycles. The third-order valence-corrected chi connectivity index (χ3v) is 1.75. The highest BCUT2D eigenvalue weighted by Crippen LogP contribution is 2.00. The lowest BCUT2D eigenvalue weighted by atomic mass is 10.1. The lowest BCUT2D eigenvalue weighted by Gasteiger charge is -2.12. The van der Waals surface area contributed by atoms with Crippen molar-refractivity contribution in [1.29, 1.82) is 0 Å². The summed E-state index contributed by atoms with van der Waals surface area (Å²) < 4.78 is 5.38. The third kappa shape index (κ3) is 6.28. The summed E-state index contributed by atoms with van der Waals surface area (Å²) in [5.74, 6) is 0.556. The molecular formula is C8H20N2O. The van der Waals surface area contributed by atoms with Crippen LogP contribution < -0.4 is 11.5 Å². The molecule has 68 valence electrons. The first-order valence-corrected chi connectivity index (χ1v) is 4.22. The van der Waals surface area contributed by atoms with E-state index in [2.05, 4.69) is 6.92 Å². The molecule has 3 heteroatoms. The van der Waals surface area contributed by atoms with Crippen molar-refractivity contribution in [2.45, 2.75) is 26.4 Å². The molecule has 0 aromatic heterocycles. The molecule has 0 amide bonds. The normalized spacial score (nSPS) is 16.4. The van der Waals surface area contributed by atoms with Gasteiger partial charge >= 0.3 is 0 Å². The molecule has 0 bridgehead atoms. The third-order valence-electron chi connectivity index (χ3n) is 1.75. The predicted octanol–water partition coefficient (Wildman–Crippen LogP) is 0.335. The molecule has 3 nitrogen and oxygen atoms in total. The van der Waals surface area contributed by atoms with Crippen LogP contribution in [-0.2, 0) is 4.74 Å². The summed E-state index contributed by atoms with van der Waals surface area (Å²) in [5, 5.41) is 0. The van der Waals surface area contributed by atoms with Crippen molar-refractivity contribution in [3.05, 3.63) is 0 Å². The van der Waals surface area contributed by atoms with Crippen molar-refractivity contribution < 1.29 is 4.74 Å². The van der Waals surface area contributed by atoms with Crippen LogP contribution in [-0.4, -0.2) is 25.8 Å². The average molecular weight is 160 g/mol. The Kier molecular flexibility index (Phi) is 6.51. The van der Waals surface area contributed by atoms with Gasteiger partial charge in [0.25, 0.3) is 0 Å². The fourth-order valence-electron chi connectivity index (χ4n) is 0.656. The van der Waals surface area contributed by atoms with Crippen molar-refractivity contribution in [2.24, 2.45) is 17.4 Å². The molecule has 0 aliphatic rings. The topological polar surface area (TPSA) is 61.3 Å². The van der Waals surface area contributed by atoms with Crippen LogP contribution in [0.5, 0.6) is 0 Å². The number of nitrogens with two attached hydrogens (primary N) is 2. The zero-order valence-electron chi connectivity index (χ0n) is 7.55. The van der Waals surface area contributed by atoms with Gasteiger partial charge in [0.05, 0.1) is 6.10 Å². The Hall–Kier alpha value is -0.120. The molecule has 0 radical (unpaired) electrons. The monoisotopic (exact) mass is 160 g/mol. The molecule has 0 heterocycles. The summed E-state index contributed by atoms with van der Waals surface area (Å²) in [7, 11) is 0. The van der Waals surface area contributed by atoms with E-state index < -0.39 is 0 Å². The zero-order valence-corrected chi connectivity index (χ0v) is 7.55. The standard InChI is InChI=1S/C8H20N2O/c1-7(5-9)3-4-11-8(2)6-10/h7-8H,3-6,9-10H2,1-2H3. The van der Waals surface area contributed by atoms with Gasteiger partial charge < -0.3 is 16.2 Å². The van der Waals surface area contributed by atoms with Crippen molar-refractivity contribution in [1.82, 2.24) is 0 Å². The minimum Gasteiger partial charge on any atom is -0.377 e. The van der Waals surface area contributed by atoms with Crippen LogP contribution >= 0.6 is 0 Å². The lowest BCUT2D eigenvalue weighted by Crippen LogP contribution is -2.22. The Balaban J connectivity index is 3.13. The minimum atomic E-state index is 0.181. The number of hydrogen-bond acceptors (Lipinski definition) is 3. The maximum Gasteiger partial charge on any atom is 0.0669 e. The van der Waals surface area contributed by atoms with E-state index in [-0.39, 0.29) is 6.10 Å². The summed E-state index contributed by atoms with van der Waals surface area (Å²) in [4.78, 5) is 0. The van der Waals surface area contributed by atoms with Crippen LogP contribution in [0.25, 0.3) is 0 Å². The maximum atomic E-state index is 5.44. The average Bonchev–Trinajstić information content (AvgIpc) is 2.04. The number of ether oxygens (including phenoxy) is 1. The van der Waals surface area contributed by atoms with Crippen LogP contribution in [0.2, 0.25) is 0 Å². The predicted molar refractivity (Wildman–Crippen MR) is 47.3 cm³/mol. The lowest BCUT2D eigenvalue weighted by molar-refractivity contribution is 0.0638. The highest BCUT2D eigenvalue weighted by molar-refractivity contribution is 4.54. The summed E-state index contributed by atoms with van der Waals surface area (Å²) >= 11 is 0. The van der Waals surface area contributed by atoms with E-state index in [4.69, 9.17) is 16.2 Å². The summed E-state index contributed by atoms with van der Waals surface area (Å²) in [6.07, 6.45) is 1.21. The smallest absolute Gasteiger partial charge is 0.0669 e. The molecule has 2 unspecified atom stereocenters. The van der Waals surface area contributed by atoms with Crippen LogP contribution in [0.1, 0.15) is 20.3 Å². The first kappa shape index (κ1) is 10.9. The van der Waals surface area contributed by atoms with Crippen molar-refractivity contribution in [3.8, 4) is 0 Å². The molecule has 0 fully saturated rings. The molecule has 0 saturated heterocycles. The van der Waals surface area contributed by atoms with Gasteiger partial charge in [-0.1, -0.05) is 6.92 Å². The van der Waals surface area contributed by atoms with E-state index in [0.29, 0.717) is 12.5 Å². The van der Waals surface area contributed by atoms with E-state index in [0.717, 1.165) is 19.6 Å².